The summed E-state index contributed by atoms with van der Waals surface area (Å²) in [6.45, 7) is 0. The van der Waals surface area contributed by atoms with Crippen molar-refractivity contribution in [2.45, 2.75) is 0 Å². The fourth-order valence-corrected chi connectivity index (χ4v) is 1.65. The molecule has 1 N–H and O–H groups in total. The normalized spacial score (nSPS) is 9.90. The highest BCUT2D eigenvalue weighted by molar-refractivity contribution is 6.06. The van der Waals surface area contributed by atoms with Crippen molar-refractivity contribution in [3.05, 3.63) is 96.3 Å². The van der Waals surface area contributed by atoms with E-state index in [-0.39, 0.29) is 5.78 Å². The molecule has 3 aromatic rings. The number of carbonyl (C=O) groups is 1. The molecule has 1 aromatic heterocycles. The van der Waals surface area contributed by atoms with Crippen LogP contribution in [0.4, 0.5) is 0 Å². The van der Waals surface area contributed by atoms with E-state index < -0.39 is 0 Å². The van der Waals surface area contributed by atoms with Gasteiger partial charge in [0, 0.05) is 18.0 Å². The number of aromatic amines is 1. The summed E-state index contributed by atoms with van der Waals surface area (Å²) in [4.78, 5) is 11.7. The van der Waals surface area contributed by atoms with Gasteiger partial charge in [-0.3, -0.25) is 9.89 Å². The third-order valence-corrected chi connectivity index (χ3v) is 2.69. The molecule has 0 spiro atoms. The number of benzene rings is 2. The van der Waals surface area contributed by atoms with Gasteiger partial charge >= 0.3 is 0 Å². The molecule has 0 aliphatic rings. The number of nitrogens with one attached hydrogen (secondary N) is 1. The van der Waals surface area contributed by atoms with E-state index in [1.807, 2.05) is 72.8 Å². The van der Waals surface area contributed by atoms with Crippen molar-refractivity contribution in [3.63, 3.8) is 0 Å². The van der Waals surface area contributed by atoms with Gasteiger partial charge < -0.3 is 0 Å². The highest BCUT2D eigenvalue weighted by Gasteiger charge is 1.98. The molecular weight excluding hydrogens is 260 g/mol. The molecule has 21 heavy (non-hydrogen) atoms. The van der Waals surface area contributed by atoms with E-state index in [1.54, 1.807) is 18.5 Å². The molecule has 0 saturated carbocycles. The fraction of sp³-hybridized carbons (Fsp3) is 0. The summed E-state index contributed by atoms with van der Waals surface area (Å²) in [7, 11) is 0. The standard InChI is InChI=1S/C15H12O.C3H4N2/c16-15(14-9-5-2-6-10-14)12-11-13-7-3-1-4-8-13;1-2-4-5-3-1/h1-12H;1-3H,(H,4,5)/b12-11+;. The molecule has 1 heterocycles. The summed E-state index contributed by atoms with van der Waals surface area (Å²) >= 11 is 0. The van der Waals surface area contributed by atoms with Gasteiger partial charge in [-0.1, -0.05) is 66.7 Å². The number of rotatable bonds is 3. The average molecular weight is 276 g/mol. The lowest BCUT2D eigenvalue weighted by Crippen LogP contribution is -1.92. The van der Waals surface area contributed by atoms with Crippen LogP contribution in [0.1, 0.15) is 15.9 Å². The van der Waals surface area contributed by atoms with Crippen LogP contribution in [0, 0.1) is 0 Å². The van der Waals surface area contributed by atoms with Gasteiger partial charge in [0.2, 0.25) is 0 Å². The maximum atomic E-state index is 11.7. The van der Waals surface area contributed by atoms with Crippen LogP contribution in [0.3, 0.4) is 0 Å². The van der Waals surface area contributed by atoms with Gasteiger partial charge in [0.25, 0.3) is 0 Å². The van der Waals surface area contributed by atoms with E-state index in [4.69, 9.17) is 0 Å². The predicted molar refractivity (Wildman–Crippen MR) is 84.8 cm³/mol. The molecule has 0 atom stereocenters. The van der Waals surface area contributed by atoms with E-state index in [0.717, 1.165) is 11.1 Å². The van der Waals surface area contributed by atoms with Crippen LogP contribution >= 0.6 is 0 Å². The molecule has 3 rings (SSSR count). The monoisotopic (exact) mass is 276 g/mol. The lowest BCUT2D eigenvalue weighted by Gasteiger charge is -1.94. The van der Waals surface area contributed by atoms with Crippen LogP contribution in [-0.2, 0) is 0 Å². The number of allylic oxidation sites excluding steroid dienone is 1. The Bertz CT molecular complexity index is 642. The highest BCUT2D eigenvalue weighted by Crippen LogP contribution is 2.05. The van der Waals surface area contributed by atoms with Gasteiger partial charge in [-0.2, -0.15) is 5.10 Å². The summed E-state index contributed by atoms with van der Waals surface area (Å²) in [5, 5.41) is 6.21. The predicted octanol–water partition coefficient (Wildman–Crippen LogP) is 3.99. The molecule has 0 aliphatic carbocycles. The first-order chi connectivity index (χ1) is 10.4. The van der Waals surface area contributed by atoms with Crippen molar-refractivity contribution in [2.24, 2.45) is 0 Å². The minimum Gasteiger partial charge on any atom is -0.289 e. The molecule has 3 heteroatoms. The zero-order valence-electron chi connectivity index (χ0n) is 11.5. The molecule has 0 fully saturated rings. The summed E-state index contributed by atoms with van der Waals surface area (Å²) in [5.41, 5.74) is 1.75. The molecule has 0 radical (unpaired) electrons. The van der Waals surface area contributed by atoms with Crippen molar-refractivity contribution < 1.29 is 4.79 Å². The number of aromatic nitrogens is 2. The molecule has 0 amide bonds. The van der Waals surface area contributed by atoms with Gasteiger partial charge in [-0.15, -0.1) is 0 Å². The van der Waals surface area contributed by atoms with Gasteiger partial charge in [0.05, 0.1) is 0 Å². The number of carbonyl (C=O) groups excluding carboxylic acids is 1. The SMILES string of the molecule is O=C(/C=C/c1ccccc1)c1ccccc1.c1cn[nH]c1. The lowest BCUT2D eigenvalue weighted by molar-refractivity contribution is 0.104. The number of ketones is 1. The van der Waals surface area contributed by atoms with Gasteiger partial charge in [0.15, 0.2) is 5.78 Å². The topological polar surface area (TPSA) is 45.8 Å². The van der Waals surface area contributed by atoms with E-state index in [9.17, 15) is 4.79 Å². The van der Waals surface area contributed by atoms with E-state index in [2.05, 4.69) is 10.2 Å². The van der Waals surface area contributed by atoms with Crippen molar-refractivity contribution in [1.29, 1.82) is 0 Å². The molecule has 0 aliphatic heterocycles. The summed E-state index contributed by atoms with van der Waals surface area (Å²) < 4.78 is 0. The Morgan fingerprint density at radius 1 is 0.905 bits per heavy atom. The van der Waals surface area contributed by atoms with E-state index in [1.165, 1.54) is 0 Å². The largest absolute Gasteiger partial charge is 0.289 e. The minimum absolute atomic E-state index is 0.0319. The average Bonchev–Trinajstić information content (AvgIpc) is 3.14. The second kappa shape index (κ2) is 8.27. The first kappa shape index (κ1) is 14.5. The Kier molecular flexibility index (Phi) is 5.70. The van der Waals surface area contributed by atoms with E-state index >= 15 is 0 Å². The third-order valence-electron chi connectivity index (χ3n) is 2.69. The molecular formula is C18H16N2O. The Morgan fingerprint density at radius 2 is 1.57 bits per heavy atom. The maximum Gasteiger partial charge on any atom is 0.185 e. The van der Waals surface area contributed by atoms with Crippen LogP contribution in [0.15, 0.2) is 85.2 Å². The zero-order chi connectivity index (χ0) is 14.8. The highest BCUT2D eigenvalue weighted by atomic mass is 16.1. The summed E-state index contributed by atoms with van der Waals surface area (Å²) in [6, 6.07) is 20.9. The molecule has 0 saturated heterocycles. The minimum atomic E-state index is 0.0319. The maximum absolute atomic E-state index is 11.7. The van der Waals surface area contributed by atoms with Crippen molar-refractivity contribution in [1.82, 2.24) is 10.2 Å². The van der Waals surface area contributed by atoms with Crippen LogP contribution in [-0.4, -0.2) is 16.0 Å². The number of nitrogens with zero attached hydrogens (tertiary/aromatic N) is 1. The van der Waals surface area contributed by atoms with Crippen LogP contribution in [0.5, 0.6) is 0 Å². The van der Waals surface area contributed by atoms with Crippen LogP contribution < -0.4 is 0 Å². The second-order valence-corrected chi connectivity index (χ2v) is 4.24. The summed E-state index contributed by atoms with van der Waals surface area (Å²) in [5.74, 6) is 0.0319. The molecule has 2 aromatic carbocycles. The molecule has 3 nitrogen and oxygen atoms in total. The number of hydrogen-bond donors (Lipinski definition) is 1. The third kappa shape index (κ3) is 5.28. The zero-order valence-corrected chi connectivity index (χ0v) is 11.5. The Morgan fingerprint density at radius 3 is 2.10 bits per heavy atom. The first-order valence-corrected chi connectivity index (χ1v) is 6.62. The number of H-pyrrole nitrogens is 1. The van der Waals surface area contributed by atoms with Crippen LogP contribution in [0.2, 0.25) is 0 Å². The van der Waals surface area contributed by atoms with E-state index in [0.29, 0.717) is 0 Å². The second-order valence-electron chi connectivity index (χ2n) is 4.24. The molecule has 0 unspecified atom stereocenters. The quantitative estimate of drug-likeness (QED) is 0.580. The van der Waals surface area contributed by atoms with Crippen molar-refractivity contribution in [2.75, 3.05) is 0 Å². The van der Waals surface area contributed by atoms with Crippen molar-refractivity contribution >= 4 is 11.9 Å². The summed E-state index contributed by atoms with van der Waals surface area (Å²) in [6.07, 6.45) is 6.89. The van der Waals surface area contributed by atoms with Gasteiger partial charge in [0.1, 0.15) is 0 Å². The Hall–Kier alpha value is -2.94. The number of hydrogen-bond acceptors (Lipinski definition) is 2. The van der Waals surface area contributed by atoms with Gasteiger partial charge in [-0.25, -0.2) is 0 Å². The fourth-order valence-electron chi connectivity index (χ4n) is 1.65. The Balaban J connectivity index is 0.000000272. The molecule has 104 valence electrons. The molecule has 0 bridgehead atoms. The lowest BCUT2D eigenvalue weighted by atomic mass is 10.1. The first-order valence-electron chi connectivity index (χ1n) is 6.62. The van der Waals surface area contributed by atoms with Crippen LogP contribution in [0.25, 0.3) is 6.08 Å². The smallest absolute Gasteiger partial charge is 0.185 e. The Labute approximate surface area is 124 Å². The van der Waals surface area contributed by atoms with Crippen molar-refractivity contribution in [3.8, 4) is 0 Å². The van der Waals surface area contributed by atoms with Gasteiger partial charge in [-0.05, 0) is 17.7 Å².